The van der Waals surface area contributed by atoms with E-state index in [0.717, 1.165) is 83.5 Å². The Balaban J connectivity index is 4.33. The van der Waals surface area contributed by atoms with Crippen LogP contribution in [0.4, 0.5) is 0 Å². The highest BCUT2D eigenvalue weighted by molar-refractivity contribution is 7.47. The van der Waals surface area contributed by atoms with Crippen LogP contribution in [0.3, 0.4) is 0 Å². The number of allylic oxidation sites excluding steroid dienone is 18. The number of ether oxygens (including phenoxy) is 2. The van der Waals surface area contributed by atoms with Crippen molar-refractivity contribution in [2.24, 2.45) is 5.73 Å². The molecule has 10 heteroatoms. The average Bonchev–Trinajstić information content (AvgIpc) is 3.20. The third kappa shape index (κ3) is 42.1. The lowest BCUT2D eigenvalue weighted by atomic mass is 10.1. The normalized spacial score (nSPS) is 14.4. The van der Waals surface area contributed by atoms with Gasteiger partial charge in [0.1, 0.15) is 6.61 Å². The summed E-state index contributed by atoms with van der Waals surface area (Å²) in [5.74, 6) is -0.950. The van der Waals surface area contributed by atoms with Gasteiger partial charge in [0.15, 0.2) is 6.10 Å². The molecule has 2 unspecified atom stereocenters. The molecule has 0 rings (SSSR count). The van der Waals surface area contributed by atoms with Gasteiger partial charge in [-0.2, -0.15) is 0 Å². The smallest absolute Gasteiger partial charge is 0.462 e. The molecule has 0 amide bonds. The highest BCUT2D eigenvalue weighted by Crippen LogP contribution is 2.43. The number of nitrogens with two attached hydrogens (primary N) is 1. The van der Waals surface area contributed by atoms with Crippen molar-refractivity contribution < 1.29 is 37.6 Å². The van der Waals surface area contributed by atoms with Crippen molar-refractivity contribution in [2.75, 3.05) is 26.4 Å². The number of phosphoric ester groups is 1. The lowest BCUT2D eigenvalue weighted by molar-refractivity contribution is -0.161. The molecule has 0 saturated heterocycles. The van der Waals surface area contributed by atoms with E-state index in [1.165, 1.54) is 19.3 Å². The van der Waals surface area contributed by atoms with Crippen molar-refractivity contribution in [3.63, 3.8) is 0 Å². The minimum absolute atomic E-state index is 0.0340. The molecule has 3 N–H and O–H groups in total. The van der Waals surface area contributed by atoms with Gasteiger partial charge in [-0.1, -0.05) is 155 Å². The van der Waals surface area contributed by atoms with Gasteiger partial charge in [-0.25, -0.2) is 4.57 Å². The number of phosphoric acid groups is 1. The minimum Gasteiger partial charge on any atom is -0.462 e. The van der Waals surface area contributed by atoms with Crippen LogP contribution in [0.25, 0.3) is 0 Å². The quantitative estimate of drug-likeness (QED) is 0.0270. The van der Waals surface area contributed by atoms with E-state index in [-0.39, 0.29) is 32.6 Å². The third-order valence-corrected chi connectivity index (χ3v) is 9.15. The maximum Gasteiger partial charge on any atom is 0.472 e. The summed E-state index contributed by atoms with van der Waals surface area (Å²) in [6.07, 6.45) is 55.6. The molecule has 0 aliphatic rings. The Morgan fingerprint density at radius 2 is 0.947 bits per heavy atom. The van der Waals surface area contributed by atoms with E-state index in [4.69, 9.17) is 24.3 Å². The Labute approximate surface area is 346 Å². The number of unbranched alkanes of at least 4 members (excludes halogenated alkanes) is 7. The summed E-state index contributed by atoms with van der Waals surface area (Å²) in [6.45, 7) is 3.38. The molecule has 57 heavy (non-hydrogen) atoms. The van der Waals surface area contributed by atoms with Crippen LogP contribution in [0, 0.1) is 0 Å². The number of hydrogen-bond acceptors (Lipinski definition) is 8. The first-order chi connectivity index (χ1) is 27.8. The van der Waals surface area contributed by atoms with Crippen molar-refractivity contribution >= 4 is 19.8 Å². The largest absolute Gasteiger partial charge is 0.472 e. The highest BCUT2D eigenvalue weighted by Gasteiger charge is 2.25. The first kappa shape index (κ1) is 53.7. The van der Waals surface area contributed by atoms with Gasteiger partial charge in [-0.05, 0) is 83.5 Å². The molecule has 2 atom stereocenters. The van der Waals surface area contributed by atoms with Gasteiger partial charge >= 0.3 is 19.8 Å². The van der Waals surface area contributed by atoms with Crippen LogP contribution in [0.2, 0.25) is 0 Å². The Hall–Kier alpha value is -3.33. The van der Waals surface area contributed by atoms with Crippen LogP contribution in [-0.2, 0) is 32.7 Å². The summed E-state index contributed by atoms with van der Waals surface area (Å²) >= 11 is 0. The van der Waals surface area contributed by atoms with Gasteiger partial charge in [0.05, 0.1) is 13.2 Å². The molecule has 0 bridgehead atoms. The molecule has 0 aromatic carbocycles. The van der Waals surface area contributed by atoms with Crippen LogP contribution in [0.15, 0.2) is 109 Å². The van der Waals surface area contributed by atoms with Crippen molar-refractivity contribution in [3.8, 4) is 0 Å². The number of carbonyl (C=O) groups is 2. The topological polar surface area (TPSA) is 134 Å². The molecule has 0 aliphatic heterocycles. The minimum atomic E-state index is -4.41. The molecule has 0 saturated carbocycles. The maximum atomic E-state index is 12.6. The highest BCUT2D eigenvalue weighted by atomic mass is 31.2. The average molecular weight is 814 g/mol. The van der Waals surface area contributed by atoms with E-state index in [2.05, 4.69) is 111 Å². The lowest BCUT2D eigenvalue weighted by Gasteiger charge is -2.19. The zero-order valence-corrected chi connectivity index (χ0v) is 36.2. The fourth-order valence-corrected chi connectivity index (χ4v) is 5.85. The van der Waals surface area contributed by atoms with Crippen LogP contribution in [0.1, 0.15) is 142 Å². The van der Waals surface area contributed by atoms with Crippen LogP contribution in [-0.4, -0.2) is 49.3 Å². The predicted octanol–water partition coefficient (Wildman–Crippen LogP) is 12.4. The molecule has 0 spiro atoms. The van der Waals surface area contributed by atoms with Crippen molar-refractivity contribution in [1.29, 1.82) is 0 Å². The second kappa shape index (κ2) is 42.3. The summed E-state index contributed by atoms with van der Waals surface area (Å²) in [4.78, 5) is 34.8. The lowest BCUT2D eigenvalue weighted by Crippen LogP contribution is -2.29. The van der Waals surface area contributed by atoms with Crippen molar-refractivity contribution in [3.05, 3.63) is 109 Å². The van der Waals surface area contributed by atoms with Gasteiger partial charge in [-0.3, -0.25) is 18.6 Å². The Kier molecular flexibility index (Phi) is 39.8. The fraction of sp³-hybridized carbons (Fsp3) is 0.574. The maximum absolute atomic E-state index is 12.6. The SMILES string of the molecule is CC/C=C\C/C=C\C/C=C\C/C=C\C/C=C\C/C=C\CCC(=O)OC(COC(=O)CCCCCCCCC/C=C\C/C=C\C/C=C\CC)COP(=O)(O)OCCN. The van der Waals surface area contributed by atoms with E-state index in [1.807, 2.05) is 12.2 Å². The summed E-state index contributed by atoms with van der Waals surface area (Å²) in [7, 11) is -4.41. The molecule has 0 fully saturated rings. The number of hydrogen-bond donors (Lipinski definition) is 2. The molecule has 0 aromatic rings. The van der Waals surface area contributed by atoms with Crippen molar-refractivity contribution in [1.82, 2.24) is 0 Å². The summed E-state index contributed by atoms with van der Waals surface area (Å²) in [5, 5.41) is 0. The fourth-order valence-electron chi connectivity index (χ4n) is 5.08. The van der Waals surface area contributed by atoms with Gasteiger partial charge in [-0.15, -0.1) is 0 Å². The van der Waals surface area contributed by atoms with Gasteiger partial charge in [0, 0.05) is 19.4 Å². The van der Waals surface area contributed by atoms with E-state index in [0.29, 0.717) is 12.8 Å². The van der Waals surface area contributed by atoms with Crippen LogP contribution in [0.5, 0.6) is 0 Å². The van der Waals surface area contributed by atoms with E-state index >= 15 is 0 Å². The Morgan fingerprint density at radius 1 is 0.526 bits per heavy atom. The van der Waals surface area contributed by atoms with E-state index < -0.39 is 32.5 Å². The first-order valence-electron chi connectivity index (χ1n) is 21.4. The molecule has 9 nitrogen and oxygen atoms in total. The van der Waals surface area contributed by atoms with Gasteiger partial charge < -0.3 is 20.1 Å². The standard InChI is InChI=1S/C47H76NO8P/c1-3-5-7-9-11-13-15-17-19-21-22-24-26-28-30-32-34-36-38-40-47(50)56-45(44-55-57(51,52)54-42-41-48)43-53-46(49)39-37-35-33-31-29-27-25-23-20-18-16-14-12-10-8-6-4-2/h5-8,11-14,17-20,22,24,28,30,34,36,45H,3-4,9-10,15-16,21,23,25-27,29,31-33,35,37-44,48H2,1-2H3,(H,51,52)/b7-5-,8-6-,13-11-,14-12-,19-17-,20-18-,24-22-,30-28-,36-34-. The van der Waals surface area contributed by atoms with Crippen molar-refractivity contribution in [2.45, 2.75) is 148 Å². The molecule has 0 aromatic heterocycles. The summed E-state index contributed by atoms with van der Waals surface area (Å²) in [5.41, 5.74) is 5.34. The number of rotatable bonds is 38. The molecule has 0 aliphatic carbocycles. The monoisotopic (exact) mass is 814 g/mol. The summed E-state index contributed by atoms with van der Waals surface area (Å²) < 4.78 is 32.7. The molecular formula is C47H76NO8P. The second-order valence-electron chi connectivity index (χ2n) is 13.4. The van der Waals surface area contributed by atoms with Crippen LogP contribution >= 0.6 is 7.82 Å². The summed E-state index contributed by atoms with van der Waals surface area (Å²) in [6, 6.07) is 0. The number of esters is 2. The molecule has 0 heterocycles. The molecular weight excluding hydrogens is 737 g/mol. The molecule has 322 valence electrons. The Morgan fingerprint density at radius 3 is 1.42 bits per heavy atom. The van der Waals surface area contributed by atoms with Gasteiger partial charge in [0.2, 0.25) is 0 Å². The van der Waals surface area contributed by atoms with E-state index in [9.17, 15) is 19.0 Å². The first-order valence-corrected chi connectivity index (χ1v) is 22.9. The van der Waals surface area contributed by atoms with Crippen LogP contribution < -0.4 is 5.73 Å². The zero-order chi connectivity index (χ0) is 41.8. The second-order valence-corrected chi connectivity index (χ2v) is 14.9. The zero-order valence-electron chi connectivity index (χ0n) is 35.3. The molecule has 0 radical (unpaired) electrons. The number of carbonyl (C=O) groups excluding carboxylic acids is 2. The predicted molar refractivity (Wildman–Crippen MR) is 238 cm³/mol. The Bertz CT molecular complexity index is 1290. The van der Waals surface area contributed by atoms with E-state index in [1.54, 1.807) is 0 Å². The van der Waals surface area contributed by atoms with Gasteiger partial charge in [0.25, 0.3) is 0 Å². The third-order valence-electron chi connectivity index (χ3n) is 8.17.